The van der Waals surface area contributed by atoms with Gasteiger partial charge in [0.1, 0.15) is 0 Å². The summed E-state index contributed by atoms with van der Waals surface area (Å²) in [6, 6.07) is 8.29. The molecule has 2 aliphatic heterocycles. The molecule has 1 spiro atoms. The van der Waals surface area contributed by atoms with Crippen LogP contribution in [0, 0.1) is 5.41 Å². The smallest absolute Gasteiger partial charge is 0.193 e. The molecule has 1 aromatic rings. The van der Waals surface area contributed by atoms with Gasteiger partial charge < -0.3 is 15.0 Å². The average Bonchev–Trinajstić information content (AvgIpc) is 3.33. The van der Waals surface area contributed by atoms with Crippen LogP contribution in [0.5, 0.6) is 0 Å². The first-order valence-corrected chi connectivity index (χ1v) is 10.8. The van der Waals surface area contributed by atoms with Crippen molar-refractivity contribution in [3.8, 4) is 0 Å². The second kappa shape index (κ2) is 8.00. The minimum atomic E-state index is 0.0112. The van der Waals surface area contributed by atoms with E-state index < -0.39 is 0 Å². The first-order valence-electron chi connectivity index (χ1n) is 10.4. The molecular weight excluding hydrogens is 358 g/mol. The lowest BCUT2D eigenvalue weighted by Gasteiger charge is -2.39. The lowest BCUT2D eigenvalue weighted by molar-refractivity contribution is 0.0512. The third-order valence-electron chi connectivity index (χ3n) is 7.09. The summed E-state index contributed by atoms with van der Waals surface area (Å²) in [5.41, 5.74) is 1.81. The van der Waals surface area contributed by atoms with E-state index in [-0.39, 0.29) is 5.41 Å². The Hall–Kier alpha value is -1.26. The van der Waals surface area contributed by atoms with E-state index in [2.05, 4.69) is 27.3 Å². The Morgan fingerprint density at radius 3 is 2.59 bits per heavy atom. The number of halogens is 1. The summed E-state index contributed by atoms with van der Waals surface area (Å²) in [4.78, 5) is 7.10. The van der Waals surface area contributed by atoms with Gasteiger partial charge in [-0.3, -0.25) is 4.99 Å². The molecule has 0 amide bonds. The first kappa shape index (κ1) is 19.1. The van der Waals surface area contributed by atoms with E-state index in [1.54, 1.807) is 0 Å². The SMILES string of the molecule is CN=C(NCC1(c2ccccc2Cl)CCOCC1)N1CCC2(CCCC2)C1. The molecule has 2 saturated heterocycles. The Balaban J connectivity index is 1.48. The topological polar surface area (TPSA) is 36.9 Å². The van der Waals surface area contributed by atoms with E-state index >= 15 is 0 Å². The first-order chi connectivity index (χ1) is 13.2. The molecule has 1 N–H and O–H groups in total. The number of benzene rings is 1. The standard InChI is InChI=1S/C22H32ClN3O/c1-24-20(26-13-10-21(17-26)8-4-5-9-21)25-16-22(11-14-27-15-12-22)18-6-2-3-7-19(18)23/h2-3,6-7H,4-5,8-17H2,1H3,(H,24,25). The van der Waals surface area contributed by atoms with E-state index in [1.807, 2.05) is 19.2 Å². The minimum Gasteiger partial charge on any atom is -0.381 e. The molecule has 0 aromatic heterocycles. The van der Waals surface area contributed by atoms with Crippen LogP contribution < -0.4 is 5.32 Å². The summed E-state index contributed by atoms with van der Waals surface area (Å²) < 4.78 is 5.67. The van der Waals surface area contributed by atoms with E-state index in [4.69, 9.17) is 16.3 Å². The molecule has 1 aromatic carbocycles. The maximum Gasteiger partial charge on any atom is 0.193 e. The number of aliphatic imine (C=N–C) groups is 1. The summed E-state index contributed by atoms with van der Waals surface area (Å²) in [7, 11) is 1.91. The molecule has 148 valence electrons. The molecule has 0 unspecified atom stereocenters. The third kappa shape index (κ3) is 3.84. The van der Waals surface area contributed by atoms with Crippen LogP contribution in [0.2, 0.25) is 5.02 Å². The molecule has 3 fully saturated rings. The van der Waals surface area contributed by atoms with Gasteiger partial charge in [0.2, 0.25) is 0 Å². The van der Waals surface area contributed by atoms with Crippen LogP contribution in [0.4, 0.5) is 0 Å². The number of nitrogens with one attached hydrogen (secondary N) is 1. The van der Waals surface area contributed by atoms with Gasteiger partial charge in [-0.1, -0.05) is 42.6 Å². The molecule has 3 aliphatic rings. The quantitative estimate of drug-likeness (QED) is 0.620. The Morgan fingerprint density at radius 2 is 1.89 bits per heavy atom. The second-order valence-electron chi connectivity index (χ2n) is 8.65. The van der Waals surface area contributed by atoms with E-state index in [0.717, 1.165) is 56.7 Å². The van der Waals surface area contributed by atoms with Gasteiger partial charge in [0.05, 0.1) is 0 Å². The van der Waals surface area contributed by atoms with Crippen LogP contribution in [0.3, 0.4) is 0 Å². The Labute approximate surface area is 168 Å². The molecular formula is C22H32ClN3O. The highest BCUT2D eigenvalue weighted by Gasteiger charge is 2.42. The summed E-state index contributed by atoms with van der Waals surface area (Å²) in [5, 5.41) is 4.58. The monoisotopic (exact) mass is 389 g/mol. The van der Waals surface area contributed by atoms with Crippen LogP contribution in [-0.4, -0.2) is 50.8 Å². The lowest BCUT2D eigenvalue weighted by atomic mass is 9.74. The number of guanidine groups is 1. The molecule has 0 bridgehead atoms. The number of ether oxygens (including phenoxy) is 1. The fourth-order valence-electron chi connectivity index (χ4n) is 5.42. The van der Waals surface area contributed by atoms with Crippen molar-refractivity contribution in [1.82, 2.24) is 10.2 Å². The summed E-state index contributed by atoms with van der Waals surface area (Å²) in [6.07, 6.45) is 8.88. The van der Waals surface area contributed by atoms with Gasteiger partial charge in [0.15, 0.2) is 5.96 Å². The molecule has 4 nitrogen and oxygen atoms in total. The Morgan fingerprint density at radius 1 is 1.15 bits per heavy atom. The normalized spacial score (nSPS) is 24.5. The number of hydrogen-bond acceptors (Lipinski definition) is 2. The fourth-order valence-corrected chi connectivity index (χ4v) is 5.76. The Bertz CT molecular complexity index is 678. The van der Waals surface area contributed by atoms with Crippen molar-refractivity contribution < 1.29 is 4.74 Å². The molecule has 4 rings (SSSR count). The average molecular weight is 390 g/mol. The minimum absolute atomic E-state index is 0.0112. The maximum atomic E-state index is 6.60. The highest BCUT2D eigenvalue weighted by Crippen LogP contribution is 2.45. The van der Waals surface area contributed by atoms with Crippen LogP contribution in [0.15, 0.2) is 29.3 Å². The summed E-state index contributed by atoms with van der Waals surface area (Å²) >= 11 is 6.60. The number of likely N-dealkylation sites (tertiary alicyclic amines) is 1. The molecule has 5 heteroatoms. The van der Waals surface area contributed by atoms with Gasteiger partial charge in [-0.15, -0.1) is 0 Å². The van der Waals surface area contributed by atoms with Gasteiger partial charge in [-0.25, -0.2) is 0 Å². The Kier molecular flexibility index (Phi) is 5.65. The fraction of sp³-hybridized carbons (Fsp3) is 0.682. The van der Waals surface area contributed by atoms with Crippen molar-refractivity contribution in [2.24, 2.45) is 10.4 Å². The predicted molar refractivity (Wildman–Crippen MR) is 112 cm³/mol. The molecule has 0 atom stereocenters. The van der Waals surface area contributed by atoms with Gasteiger partial charge in [-0.2, -0.15) is 0 Å². The van der Waals surface area contributed by atoms with Crippen molar-refractivity contribution in [3.05, 3.63) is 34.9 Å². The second-order valence-corrected chi connectivity index (χ2v) is 9.06. The van der Waals surface area contributed by atoms with Crippen molar-refractivity contribution in [3.63, 3.8) is 0 Å². The van der Waals surface area contributed by atoms with E-state index in [1.165, 1.54) is 37.7 Å². The number of nitrogens with zero attached hydrogens (tertiary/aromatic N) is 2. The molecule has 2 heterocycles. The van der Waals surface area contributed by atoms with Gasteiger partial charge in [0, 0.05) is 50.3 Å². The molecule has 0 radical (unpaired) electrons. The van der Waals surface area contributed by atoms with E-state index in [0.29, 0.717) is 5.41 Å². The highest BCUT2D eigenvalue weighted by atomic mass is 35.5. The maximum absolute atomic E-state index is 6.60. The highest BCUT2D eigenvalue weighted by molar-refractivity contribution is 6.31. The van der Waals surface area contributed by atoms with Crippen molar-refractivity contribution >= 4 is 17.6 Å². The van der Waals surface area contributed by atoms with Crippen LogP contribution in [0.25, 0.3) is 0 Å². The van der Waals surface area contributed by atoms with Gasteiger partial charge >= 0.3 is 0 Å². The summed E-state index contributed by atoms with van der Waals surface area (Å²) in [5.74, 6) is 1.05. The van der Waals surface area contributed by atoms with Crippen molar-refractivity contribution in [2.45, 2.75) is 50.4 Å². The molecule has 27 heavy (non-hydrogen) atoms. The zero-order chi connectivity index (χ0) is 18.7. The number of hydrogen-bond donors (Lipinski definition) is 1. The lowest BCUT2D eigenvalue weighted by Crippen LogP contribution is -2.49. The predicted octanol–water partition coefficient (Wildman–Crippen LogP) is 4.23. The van der Waals surface area contributed by atoms with Crippen LogP contribution in [-0.2, 0) is 10.2 Å². The van der Waals surface area contributed by atoms with E-state index in [9.17, 15) is 0 Å². The van der Waals surface area contributed by atoms with Crippen molar-refractivity contribution in [2.75, 3.05) is 39.9 Å². The zero-order valence-corrected chi connectivity index (χ0v) is 17.2. The zero-order valence-electron chi connectivity index (χ0n) is 16.5. The number of rotatable bonds is 3. The summed E-state index contributed by atoms with van der Waals surface area (Å²) in [6.45, 7) is 4.73. The van der Waals surface area contributed by atoms with Gasteiger partial charge in [0.25, 0.3) is 0 Å². The van der Waals surface area contributed by atoms with Crippen molar-refractivity contribution in [1.29, 1.82) is 0 Å². The third-order valence-corrected chi connectivity index (χ3v) is 7.42. The van der Waals surface area contributed by atoms with Crippen LogP contribution >= 0.6 is 11.6 Å². The molecule has 1 saturated carbocycles. The largest absolute Gasteiger partial charge is 0.381 e. The van der Waals surface area contributed by atoms with Crippen LogP contribution in [0.1, 0.15) is 50.5 Å². The van der Waals surface area contributed by atoms with Gasteiger partial charge in [-0.05, 0) is 49.1 Å². The molecule has 1 aliphatic carbocycles.